The van der Waals surface area contributed by atoms with Crippen molar-refractivity contribution in [3.8, 4) is 0 Å². The van der Waals surface area contributed by atoms with Crippen molar-refractivity contribution in [1.29, 1.82) is 0 Å². The summed E-state index contributed by atoms with van der Waals surface area (Å²) < 4.78 is 68.6. The van der Waals surface area contributed by atoms with E-state index in [4.69, 9.17) is 37.0 Å². The van der Waals surface area contributed by atoms with Gasteiger partial charge in [-0.3, -0.25) is 37.3 Å². The summed E-state index contributed by atoms with van der Waals surface area (Å²) in [6.07, 6.45) is 89.6. The predicted molar refractivity (Wildman–Crippen MR) is 436 cm³/mol. The molecule has 0 spiro atoms. The number of phosphoric acid groups is 2. The lowest BCUT2D eigenvalue weighted by atomic mass is 10.1. The molecule has 0 aliphatic carbocycles. The van der Waals surface area contributed by atoms with Gasteiger partial charge in [-0.15, -0.1) is 0 Å². The number of ether oxygens (including phenoxy) is 4. The van der Waals surface area contributed by atoms with E-state index in [2.05, 4.69) is 174 Å². The van der Waals surface area contributed by atoms with Crippen molar-refractivity contribution in [3.05, 3.63) is 146 Å². The number of phosphoric ester groups is 2. The second-order valence-corrected chi connectivity index (χ2v) is 29.9. The smallest absolute Gasteiger partial charge is 0.462 e. The summed E-state index contributed by atoms with van der Waals surface area (Å²) in [7, 11) is -9.99. The standard InChI is InChI=1S/C87H146O17P2/c1-5-9-13-17-21-25-29-33-36-38-40-42-45-48-51-55-59-63-67-71-84(89)97-77-82(103-86(91)73-69-65-61-57-53-47-32-28-24-20-16-12-8-4)79-101-105(93,94)99-75-81(88)76-100-106(95,96)102-80-83(104-87(92)74-70-66-62-58-54-50-44-35-31-27-23-19-15-11-7-3)78-98-85(90)72-68-64-60-56-52-49-46-43-41-39-37-34-30-26-22-18-14-10-6-2/h9,13,16,20-23,25-28,32-37,40-44,48,51,81-83,88H,5-8,10-12,14-15,17-19,24,29-31,38-39,45-47,49-50,52-80H2,1-4H3,(H,93,94)(H,95,96)/b13-9-,20-16-,25-21-,26-22-,27-23-,32-28-,36-33-,37-34-,42-40-,43-41-,44-35-,51-48-. The van der Waals surface area contributed by atoms with Crippen LogP contribution in [0.2, 0.25) is 0 Å². The Hall–Kier alpha value is -5.06. The Morgan fingerprint density at radius 3 is 0.802 bits per heavy atom. The highest BCUT2D eigenvalue weighted by Gasteiger charge is 2.30. The molecule has 0 rings (SSSR count). The zero-order chi connectivity index (χ0) is 77.4. The molecule has 0 saturated heterocycles. The number of hydrogen-bond donors (Lipinski definition) is 3. The lowest BCUT2D eigenvalue weighted by Crippen LogP contribution is -2.30. The monoisotopic (exact) mass is 1530 g/mol. The van der Waals surface area contributed by atoms with Crippen LogP contribution >= 0.6 is 15.6 Å². The summed E-state index contributed by atoms with van der Waals surface area (Å²) in [5.74, 6) is -2.26. The number of rotatable bonds is 76. The average Bonchev–Trinajstić information content (AvgIpc) is 0.901. The third-order valence-corrected chi connectivity index (χ3v) is 18.6. The highest BCUT2D eigenvalue weighted by atomic mass is 31.2. The average molecular weight is 1530 g/mol. The predicted octanol–water partition coefficient (Wildman–Crippen LogP) is 24.2. The summed E-state index contributed by atoms with van der Waals surface area (Å²) in [6.45, 7) is 4.57. The van der Waals surface area contributed by atoms with Gasteiger partial charge in [0.1, 0.15) is 19.3 Å². The van der Waals surface area contributed by atoms with Gasteiger partial charge in [0.25, 0.3) is 0 Å². The zero-order valence-corrected chi connectivity index (χ0v) is 68.1. The van der Waals surface area contributed by atoms with E-state index >= 15 is 0 Å². The van der Waals surface area contributed by atoms with Crippen LogP contribution in [0, 0.1) is 0 Å². The Morgan fingerprint density at radius 2 is 0.509 bits per heavy atom. The number of esters is 4. The fourth-order valence-corrected chi connectivity index (χ4v) is 12.1. The van der Waals surface area contributed by atoms with Crippen molar-refractivity contribution in [3.63, 3.8) is 0 Å². The highest BCUT2D eigenvalue weighted by molar-refractivity contribution is 7.47. The molecule has 0 heterocycles. The lowest BCUT2D eigenvalue weighted by molar-refractivity contribution is -0.161. The van der Waals surface area contributed by atoms with Crippen molar-refractivity contribution in [2.24, 2.45) is 0 Å². The van der Waals surface area contributed by atoms with Gasteiger partial charge in [-0.1, -0.05) is 276 Å². The molecule has 0 aliphatic rings. The maximum Gasteiger partial charge on any atom is 0.472 e. The van der Waals surface area contributed by atoms with E-state index in [1.807, 2.05) is 0 Å². The van der Waals surface area contributed by atoms with Gasteiger partial charge in [0.05, 0.1) is 26.4 Å². The summed E-state index contributed by atoms with van der Waals surface area (Å²) in [6, 6.07) is 0. The number of hydrogen-bond acceptors (Lipinski definition) is 15. The molecule has 0 fully saturated rings. The van der Waals surface area contributed by atoms with Crippen LogP contribution in [0.4, 0.5) is 0 Å². The Kier molecular flexibility index (Phi) is 74.3. The molecule has 0 saturated carbocycles. The Labute approximate surface area is 643 Å². The minimum atomic E-state index is -5.00. The first-order chi connectivity index (χ1) is 51.7. The molecule has 0 amide bonds. The minimum absolute atomic E-state index is 0.0665. The SMILES string of the molecule is CC/C=C\C/C=C\C/C=C\C/C=C\C/C=C\CCCCCC(=O)OCC(COP(=O)(O)OCC(O)COP(=O)(O)OCC(COC(=O)CCCCCCCC/C=C\C/C=C\C/C=C\CCCCC)OC(=O)CCCCCCC/C=C\C/C=C\CCCCC)OC(=O)CCCCCCC/C=C\C/C=C\CCC. The Balaban J connectivity index is 5.41. The number of carbonyl (C=O) groups is 4. The first-order valence-electron chi connectivity index (χ1n) is 41.1. The number of aliphatic hydroxyl groups excluding tert-OH is 1. The molecule has 0 aromatic rings. The van der Waals surface area contributed by atoms with Crippen molar-refractivity contribution in [1.82, 2.24) is 0 Å². The zero-order valence-electron chi connectivity index (χ0n) is 66.3. The number of allylic oxidation sites excluding steroid dienone is 24. The molecule has 5 unspecified atom stereocenters. The minimum Gasteiger partial charge on any atom is -0.462 e. The van der Waals surface area contributed by atoms with Crippen LogP contribution < -0.4 is 0 Å². The van der Waals surface area contributed by atoms with Gasteiger partial charge < -0.3 is 33.8 Å². The fourth-order valence-electron chi connectivity index (χ4n) is 10.5. The van der Waals surface area contributed by atoms with E-state index in [0.717, 1.165) is 205 Å². The third-order valence-electron chi connectivity index (χ3n) is 16.7. The number of carbonyl (C=O) groups excluding carboxylic acids is 4. The van der Waals surface area contributed by atoms with E-state index in [1.165, 1.54) is 38.5 Å². The first kappa shape index (κ1) is 101. The van der Waals surface area contributed by atoms with Gasteiger partial charge in [0, 0.05) is 25.7 Å². The van der Waals surface area contributed by atoms with Gasteiger partial charge in [-0.25, -0.2) is 9.13 Å². The van der Waals surface area contributed by atoms with Gasteiger partial charge in [0.2, 0.25) is 0 Å². The molecule has 17 nitrogen and oxygen atoms in total. The second-order valence-electron chi connectivity index (χ2n) is 27.0. The molecule has 0 radical (unpaired) electrons. The van der Waals surface area contributed by atoms with Crippen LogP contribution in [-0.4, -0.2) is 96.7 Å². The fraction of sp³-hybridized carbons (Fsp3) is 0.678. The van der Waals surface area contributed by atoms with Gasteiger partial charge in [0.15, 0.2) is 12.2 Å². The molecule has 0 bridgehead atoms. The summed E-state index contributed by atoms with van der Waals surface area (Å²) in [5.41, 5.74) is 0. The highest BCUT2D eigenvalue weighted by Crippen LogP contribution is 2.45. The first-order valence-corrected chi connectivity index (χ1v) is 44.1. The molecule has 606 valence electrons. The maximum absolute atomic E-state index is 13.1. The third kappa shape index (κ3) is 77.1. The van der Waals surface area contributed by atoms with Crippen LogP contribution in [-0.2, 0) is 65.4 Å². The van der Waals surface area contributed by atoms with Crippen molar-refractivity contribution >= 4 is 39.5 Å². The Bertz CT molecular complexity index is 2580. The van der Waals surface area contributed by atoms with Gasteiger partial charge in [-0.05, 0) is 167 Å². The Morgan fingerprint density at radius 1 is 0.274 bits per heavy atom. The van der Waals surface area contributed by atoms with Crippen LogP contribution in [0.15, 0.2) is 146 Å². The van der Waals surface area contributed by atoms with Crippen molar-refractivity contribution in [2.45, 2.75) is 341 Å². The molecule has 3 N–H and O–H groups in total. The largest absolute Gasteiger partial charge is 0.472 e. The molecule has 106 heavy (non-hydrogen) atoms. The number of unbranched alkanes of at least 4 members (excludes halogenated alkanes) is 26. The van der Waals surface area contributed by atoms with Crippen LogP contribution in [0.5, 0.6) is 0 Å². The topological polar surface area (TPSA) is 237 Å². The van der Waals surface area contributed by atoms with E-state index in [1.54, 1.807) is 0 Å². The molecule has 0 aliphatic heterocycles. The van der Waals surface area contributed by atoms with E-state index in [-0.39, 0.29) is 25.7 Å². The maximum atomic E-state index is 13.1. The molecule has 0 aromatic carbocycles. The summed E-state index contributed by atoms with van der Waals surface area (Å²) in [5, 5.41) is 10.7. The van der Waals surface area contributed by atoms with E-state index < -0.39 is 97.5 Å². The van der Waals surface area contributed by atoms with Crippen molar-refractivity contribution in [2.75, 3.05) is 39.6 Å². The molecule has 5 atom stereocenters. The van der Waals surface area contributed by atoms with E-state index in [0.29, 0.717) is 25.7 Å². The van der Waals surface area contributed by atoms with Crippen LogP contribution in [0.25, 0.3) is 0 Å². The lowest BCUT2D eigenvalue weighted by Gasteiger charge is -2.21. The molecular weight excluding hydrogens is 1380 g/mol. The molecule has 19 heteroatoms. The second kappa shape index (κ2) is 78.1. The van der Waals surface area contributed by atoms with Gasteiger partial charge >= 0.3 is 39.5 Å². The molecular formula is C87H146O17P2. The summed E-state index contributed by atoms with van der Waals surface area (Å²) >= 11 is 0. The van der Waals surface area contributed by atoms with Gasteiger partial charge in [-0.2, -0.15) is 0 Å². The quantitative estimate of drug-likeness (QED) is 0.0169. The normalized spacial score (nSPS) is 14.6. The van der Waals surface area contributed by atoms with E-state index in [9.17, 15) is 43.2 Å². The van der Waals surface area contributed by atoms with Crippen LogP contribution in [0.1, 0.15) is 323 Å². The van der Waals surface area contributed by atoms with Crippen LogP contribution in [0.3, 0.4) is 0 Å². The summed E-state index contributed by atoms with van der Waals surface area (Å²) in [4.78, 5) is 73.1. The van der Waals surface area contributed by atoms with Crippen molar-refractivity contribution < 1.29 is 80.2 Å². The molecule has 0 aromatic heterocycles. The number of aliphatic hydroxyl groups is 1.